The van der Waals surface area contributed by atoms with Crippen LogP contribution in [0.4, 0.5) is 13.2 Å². The molecule has 8 heteroatoms. The van der Waals surface area contributed by atoms with Crippen LogP contribution in [0.25, 0.3) is 10.1 Å². The lowest BCUT2D eigenvalue weighted by molar-refractivity contribution is -0.137. The van der Waals surface area contributed by atoms with E-state index in [4.69, 9.17) is 0 Å². The maximum Gasteiger partial charge on any atom is 0.416 e. The summed E-state index contributed by atoms with van der Waals surface area (Å²) in [6.45, 7) is 0. The van der Waals surface area contributed by atoms with Crippen LogP contribution in [0.1, 0.15) is 34.5 Å². The average Bonchev–Trinajstić information content (AvgIpc) is 3.36. The van der Waals surface area contributed by atoms with Crippen molar-refractivity contribution in [2.24, 2.45) is 13.0 Å². The van der Waals surface area contributed by atoms with Gasteiger partial charge in [0.2, 0.25) is 0 Å². The molecule has 1 aliphatic carbocycles. The number of hydrogen-bond donors (Lipinski definition) is 1. The number of thiophene rings is 1. The highest BCUT2D eigenvalue weighted by Crippen LogP contribution is 2.40. The van der Waals surface area contributed by atoms with Gasteiger partial charge in [0.25, 0.3) is 5.56 Å². The number of alkyl halides is 3. The summed E-state index contributed by atoms with van der Waals surface area (Å²) in [6, 6.07) is 5.02. The largest absolute Gasteiger partial charge is 0.506 e. The smallest absolute Gasteiger partial charge is 0.416 e. The molecule has 1 aromatic carbocycles. The maximum absolute atomic E-state index is 12.9. The second kappa shape index (κ2) is 6.37. The minimum atomic E-state index is -4.42. The fourth-order valence-corrected chi connectivity index (χ4v) is 4.41. The molecule has 3 aromatic rings. The lowest BCUT2D eigenvalue weighted by Crippen LogP contribution is -2.20. The molecule has 4 rings (SSSR count). The van der Waals surface area contributed by atoms with Gasteiger partial charge in [-0.25, -0.2) is 4.68 Å². The molecule has 0 aliphatic heterocycles. The van der Waals surface area contributed by atoms with Gasteiger partial charge >= 0.3 is 6.18 Å². The molecule has 2 aromatic heterocycles. The van der Waals surface area contributed by atoms with E-state index in [9.17, 15) is 23.1 Å². The van der Waals surface area contributed by atoms with Gasteiger partial charge in [0.15, 0.2) is 0 Å². The number of fused-ring (bicyclic) bond motifs is 1. The lowest BCUT2D eigenvalue weighted by atomic mass is 10.1. The normalized spacial score (nSPS) is 14.8. The summed E-state index contributed by atoms with van der Waals surface area (Å²) in [5, 5.41) is 15.2. The summed E-state index contributed by atoms with van der Waals surface area (Å²) < 4.78 is 40.7. The third-order valence-electron chi connectivity index (χ3n) is 4.79. The van der Waals surface area contributed by atoms with Crippen molar-refractivity contribution >= 4 is 21.4 Å². The lowest BCUT2D eigenvalue weighted by Gasteiger charge is -2.08. The molecule has 0 amide bonds. The predicted molar refractivity (Wildman–Crippen MR) is 97.2 cm³/mol. The summed E-state index contributed by atoms with van der Waals surface area (Å²) in [7, 11) is 1.54. The van der Waals surface area contributed by atoms with Crippen molar-refractivity contribution in [3.05, 3.63) is 56.3 Å². The number of nitrogens with zero attached hydrogens (tertiary/aromatic N) is 2. The van der Waals surface area contributed by atoms with Crippen molar-refractivity contribution in [3.63, 3.8) is 0 Å². The summed E-state index contributed by atoms with van der Waals surface area (Å²) >= 11 is 1.24. The minimum Gasteiger partial charge on any atom is -0.506 e. The molecule has 1 N–H and O–H groups in total. The van der Waals surface area contributed by atoms with E-state index in [1.807, 2.05) is 0 Å². The Kier molecular flexibility index (Phi) is 4.25. The molecular formula is C19H17F3N2O2S. The fraction of sp³-hybridized carbons (Fsp3) is 0.368. The first-order valence-corrected chi connectivity index (χ1v) is 9.42. The number of aromatic nitrogens is 2. The van der Waals surface area contributed by atoms with Crippen molar-refractivity contribution in [3.8, 4) is 5.75 Å². The van der Waals surface area contributed by atoms with Gasteiger partial charge in [-0.3, -0.25) is 4.79 Å². The van der Waals surface area contributed by atoms with Crippen LogP contribution < -0.4 is 5.56 Å². The van der Waals surface area contributed by atoms with E-state index in [1.165, 1.54) is 22.1 Å². The first kappa shape index (κ1) is 18.0. The first-order valence-electron chi connectivity index (χ1n) is 8.60. The molecule has 27 heavy (non-hydrogen) atoms. The molecule has 1 aliphatic rings. The summed E-state index contributed by atoms with van der Waals surface area (Å²) in [6.07, 6.45) is -1.30. The summed E-state index contributed by atoms with van der Waals surface area (Å²) in [5.74, 6) is 0.404. The average molecular weight is 394 g/mol. The van der Waals surface area contributed by atoms with Gasteiger partial charge < -0.3 is 5.11 Å². The van der Waals surface area contributed by atoms with E-state index >= 15 is 0 Å². The summed E-state index contributed by atoms with van der Waals surface area (Å²) in [4.78, 5) is 12.9. The first-order chi connectivity index (χ1) is 12.7. The Bertz CT molecular complexity index is 1080. The van der Waals surface area contributed by atoms with Gasteiger partial charge in [0.1, 0.15) is 11.1 Å². The molecule has 142 valence electrons. The Morgan fingerprint density at radius 1 is 1.33 bits per heavy atom. The van der Waals surface area contributed by atoms with Gasteiger partial charge in [-0.15, -0.1) is 11.3 Å². The van der Waals surface area contributed by atoms with Crippen LogP contribution in [-0.2, 0) is 26.1 Å². The molecule has 0 bridgehead atoms. The Labute approximate surface area is 156 Å². The highest BCUT2D eigenvalue weighted by Gasteiger charge is 2.31. The molecule has 0 atom stereocenters. The molecule has 2 heterocycles. The van der Waals surface area contributed by atoms with Gasteiger partial charge in [0.05, 0.1) is 20.8 Å². The molecule has 0 saturated heterocycles. The number of benzene rings is 1. The number of aryl methyl sites for hydroxylation is 1. The van der Waals surface area contributed by atoms with E-state index in [-0.39, 0.29) is 17.6 Å². The Hall–Kier alpha value is -2.35. The molecule has 4 nitrogen and oxygen atoms in total. The van der Waals surface area contributed by atoms with Crippen LogP contribution in [0.15, 0.2) is 29.1 Å². The van der Waals surface area contributed by atoms with E-state index in [0.717, 1.165) is 37.1 Å². The van der Waals surface area contributed by atoms with Crippen LogP contribution >= 0.6 is 11.3 Å². The third-order valence-corrected chi connectivity index (χ3v) is 6.02. The van der Waals surface area contributed by atoms with Crippen LogP contribution in [-0.4, -0.2) is 14.9 Å². The van der Waals surface area contributed by atoms with E-state index in [2.05, 4.69) is 5.10 Å². The minimum absolute atomic E-state index is 0.126. The van der Waals surface area contributed by atoms with Gasteiger partial charge in [-0.05, 0) is 36.8 Å². The quantitative estimate of drug-likeness (QED) is 0.719. The number of rotatable bonds is 4. The Balaban J connectivity index is 1.78. The maximum atomic E-state index is 12.9. The van der Waals surface area contributed by atoms with Gasteiger partial charge in [-0.1, -0.05) is 18.2 Å². The Morgan fingerprint density at radius 3 is 2.74 bits per heavy atom. The number of hydrogen-bond acceptors (Lipinski definition) is 4. The highest BCUT2D eigenvalue weighted by molar-refractivity contribution is 7.19. The Morgan fingerprint density at radius 2 is 2.07 bits per heavy atom. The van der Waals surface area contributed by atoms with Crippen LogP contribution in [0.2, 0.25) is 0 Å². The topological polar surface area (TPSA) is 55.1 Å². The standard InChI is InChI=1S/C19H17F3N2O2S/c1-24-18(26)15-16(25)14(27-17(15)13(23-24)8-10-5-6-10)9-11-3-2-4-12(7-11)19(20,21)22/h2-4,7,10,25H,5-6,8-9H2,1H3. The zero-order valence-corrected chi connectivity index (χ0v) is 15.3. The number of aromatic hydroxyl groups is 1. The molecular weight excluding hydrogens is 377 g/mol. The van der Waals surface area contributed by atoms with Crippen LogP contribution in [0, 0.1) is 5.92 Å². The zero-order valence-electron chi connectivity index (χ0n) is 14.5. The van der Waals surface area contributed by atoms with Crippen molar-refractivity contribution < 1.29 is 18.3 Å². The van der Waals surface area contributed by atoms with Crippen molar-refractivity contribution in [1.29, 1.82) is 0 Å². The van der Waals surface area contributed by atoms with E-state index < -0.39 is 17.3 Å². The molecule has 1 saturated carbocycles. The monoisotopic (exact) mass is 394 g/mol. The highest BCUT2D eigenvalue weighted by atomic mass is 32.1. The van der Waals surface area contributed by atoms with E-state index in [1.54, 1.807) is 13.1 Å². The molecule has 0 unspecified atom stereocenters. The second-order valence-electron chi connectivity index (χ2n) is 6.98. The summed E-state index contributed by atoms with van der Waals surface area (Å²) in [5.41, 5.74) is 0.0755. The second-order valence-corrected chi connectivity index (χ2v) is 8.08. The molecule has 1 fully saturated rings. The number of halogens is 3. The van der Waals surface area contributed by atoms with Gasteiger partial charge in [0, 0.05) is 13.5 Å². The zero-order chi connectivity index (χ0) is 19.3. The fourth-order valence-electron chi connectivity index (χ4n) is 3.20. The predicted octanol–water partition coefficient (Wildman–Crippen LogP) is 4.26. The van der Waals surface area contributed by atoms with Crippen molar-refractivity contribution in [2.75, 3.05) is 0 Å². The van der Waals surface area contributed by atoms with E-state index in [0.29, 0.717) is 21.1 Å². The molecule has 0 spiro atoms. The van der Waals surface area contributed by atoms with Crippen LogP contribution in [0.5, 0.6) is 5.75 Å². The van der Waals surface area contributed by atoms with Crippen LogP contribution in [0.3, 0.4) is 0 Å². The van der Waals surface area contributed by atoms with Gasteiger partial charge in [-0.2, -0.15) is 18.3 Å². The van der Waals surface area contributed by atoms with Crippen molar-refractivity contribution in [2.45, 2.75) is 31.9 Å². The molecule has 0 radical (unpaired) electrons. The SMILES string of the molecule is Cn1nc(CC2CC2)c2sc(Cc3cccc(C(F)(F)F)c3)c(O)c2c1=O. The van der Waals surface area contributed by atoms with Crippen molar-refractivity contribution in [1.82, 2.24) is 9.78 Å². The third kappa shape index (κ3) is 3.45.